The van der Waals surface area contributed by atoms with E-state index in [0.717, 1.165) is 25.7 Å². The third-order valence-corrected chi connectivity index (χ3v) is 4.34. The number of carbonyl (C=O) groups excluding carboxylic acids is 1. The molecule has 3 nitrogen and oxygen atoms in total. The van der Waals surface area contributed by atoms with Gasteiger partial charge in [0, 0.05) is 6.42 Å². The first-order valence-electron chi connectivity index (χ1n) is 7.85. The number of ether oxygens (including phenoxy) is 2. The molecule has 1 heterocycles. The molecule has 0 aromatic heterocycles. The van der Waals surface area contributed by atoms with Gasteiger partial charge in [-0.15, -0.1) is 0 Å². The zero-order chi connectivity index (χ0) is 13.8. The summed E-state index contributed by atoms with van der Waals surface area (Å²) in [6.45, 7) is 7.19. The van der Waals surface area contributed by atoms with Gasteiger partial charge < -0.3 is 9.47 Å². The first-order chi connectivity index (χ1) is 9.04. The van der Waals surface area contributed by atoms with E-state index in [1.54, 1.807) is 0 Å². The Kier molecular flexibility index (Phi) is 5.26. The second-order valence-electron chi connectivity index (χ2n) is 6.86. The molecule has 4 atom stereocenters. The van der Waals surface area contributed by atoms with Crippen LogP contribution in [-0.4, -0.2) is 24.8 Å². The molecule has 0 aromatic carbocycles. The predicted octanol–water partition coefficient (Wildman–Crippen LogP) is 3.56. The van der Waals surface area contributed by atoms with Crippen molar-refractivity contribution >= 4 is 5.97 Å². The number of rotatable bonds is 7. The van der Waals surface area contributed by atoms with Crippen molar-refractivity contribution in [3.05, 3.63) is 0 Å². The van der Waals surface area contributed by atoms with Crippen LogP contribution in [0.3, 0.4) is 0 Å². The van der Waals surface area contributed by atoms with Gasteiger partial charge in [-0.25, -0.2) is 0 Å². The predicted molar refractivity (Wildman–Crippen MR) is 74.8 cm³/mol. The van der Waals surface area contributed by atoms with Gasteiger partial charge in [0.1, 0.15) is 0 Å². The van der Waals surface area contributed by atoms with Gasteiger partial charge >= 0.3 is 5.97 Å². The quantitative estimate of drug-likeness (QED) is 0.523. The average molecular weight is 268 g/mol. The molecule has 0 amide bonds. The van der Waals surface area contributed by atoms with Crippen LogP contribution in [0.25, 0.3) is 0 Å². The third kappa shape index (κ3) is 5.13. The number of carbonyl (C=O) groups is 1. The summed E-state index contributed by atoms with van der Waals surface area (Å²) < 4.78 is 10.9. The Morgan fingerprint density at radius 1 is 1.21 bits per heavy atom. The lowest BCUT2D eigenvalue weighted by molar-refractivity contribution is -0.146. The van der Waals surface area contributed by atoms with E-state index in [0.29, 0.717) is 43.0 Å². The van der Waals surface area contributed by atoms with Crippen molar-refractivity contribution in [1.82, 2.24) is 0 Å². The molecular formula is C16H28O3. The van der Waals surface area contributed by atoms with Crippen LogP contribution in [0.2, 0.25) is 0 Å². The molecule has 19 heavy (non-hydrogen) atoms. The first-order valence-corrected chi connectivity index (χ1v) is 7.85. The summed E-state index contributed by atoms with van der Waals surface area (Å²) in [7, 11) is 0. The number of esters is 1. The van der Waals surface area contributed by atoms with Gasteiger partial charge in [-0.1, -0.05) is 27.2 Å². The summed E-state index contributed by atoms with van der Waals surface area (Å²) >= 11 is 0. The Labute approximate surface area is 117 Å². The summed E-state index contributed by atoms with van der Waals surface area (Å²) in [5.41, 5.74) is 0. The van der Waals surface area contributed by atoms with Crippen LogP contribution >= 0.6 is 0 Å². The van der Waals surface area contributed by atoms with E-state index >= 15 is 0 Å². The molecule has 1 aliphatic heterocycles. The van der Waals surface area contributed by atoms with Gasteiger partial charge in [-0.2, -0.15) is 0 Å². The van der Waals surface area contributed by atoms with Crippen LogP contribution in [0.1, 0.15) is 59.3 Å². The maximum Gasteiger partial charge on any atom is 0.306 e. The minimum atomic E-state index is -0.0184. The van der Waals surface area contributed by atoms with Crippen molar-refractivity contribution in [3.8, 4) is 0 Å². The zero-order valence-electron chi connectivity index (χ0n) is 12.6. The second kappa shape index (κ2) is 6.74. The molecule has 0 spiro atoms. The number of fused-ring (bicyclic) bond motifs is 1. The van der Waals surface area contributed by atoms with Crippen molar-refractivity contribution in [2.45, 2.75) is 71.5 Å². The molecule has 0 N–H and O–H groups in total. The molecule has 3 heteroatoms. The Balaban J connectivity index is 1.56. The van der Waals surface area contributed by atoms with Crippen LogP contribution in [0.4, 0.5) is 0 Å². The summed E-state index contributed by atoms with van der Waals surface area (Å²) in [6, 6.07) is 0. The normalized spacial score (nSPS) is 30.8. The van der Waals surface area contributed by atoms with Crippen LogP contribution < -0.4 is 0 Å². The first kappa shape index (κ1) is 14.8. The molecule has 4 unspecified atom stereocenters. The van der Waals surface area contributed by atoms with Crippen molar-refractivity contribution in [1.29, 1.82) is 0 Å². The molecule has 1 saturated carbocycles. The average Bonchev–Trinajstić information content (AvgIpc) is 3.12. The van der Waals surface area contributed by atoms with E-state index in [1.807, 2.05) is 0 Å². The highest BCUT2D eigenvalue weighted by Gasteiger charge is 2.43. The van der Waals surface area contributed by atoms with Crippen LogP contribution in [0.15, 0.2) is 0 Å². The van der Waals surface area contributed by atoms with Crippen molar-refractivity contribution < 1.29 is 14.3 Å². The monoisotopic (exact) mass is 268 g/mol. The fourth-order valence-electron chi connectivity index (χ4n) is 2.91. The Hall–Kier alpha value is -0.570. The largest absolute Gasteiger partial charge is 0.465 e. The molecule has 110 valence electrons. The van der Waals surface area contributed by atoms with Gasteiger partial charge in [0.2, 0.25) is 0 Å². The zero-order valence-corrected chi connectivity index (χ0v) is 12.6. The number of hydrogen-bond donors (Lipinski definition) is 0. The smallest absolute Gasteiger partial charge is 0.306 e. The van der Waals surface area contributed by atoms with E-state index in [4.69, 9.17) is 9.47 Å². The van der Waals surface area contributed by atoms with Crippen molar-refractivity contribution in [2.75, 3.05) is 6.61 Å². The van der Waals surface area contributed by atoms with E-state index in [-0.39, 0.29) is 5.97 Å². The Bertz CT molecular complexity index is 300. The van der Waals surface area contributed by atoms with Gasteiger partial charge in [0.25, 0.3) is 0 Å². The number of epoxide rings is 1. The summed E-state index contributed by atoms with van der Waals surface area (Å²) in [6.07, 6.45) is 7.27. The maximum absolute atomic E-state index is 11.8. The summed E-state index contributed by atoms with van der Waals surface area (Å²) in [4.78, 5) is 11.8. The highest BCUT2D eigenvalue weighted by Crippen LogP contribution is 2.39. The molecular weight excluding hydrogens is 240 g/mol. The lowest BCUT2D eigenvalue weighted by Gasteiger charge is -2.19. The van der Waals surface area contributed by atoms with Crippen molar-refractivity contribution in [2.24, 2.45) is 17.8 Å². The third-order valence-electron chi connectivity index (χ3n) is 4.34. The van der Waals surface area contributed by atoms with E-state index in [2.05, 4.69) is 20.8 Å². The summed E-state index contributed by atoms with van der Waals surface area (Å²) in [5, 5.41) is 0. The molecule has 0 radical (unpaired) electrons. The molecule has 0 aromatic rings. The van der Waals surface area contributed by atoms with Crippen molar-refractivity contribution in [3.63, 3.8) is 0 Å². The molecule has 2 fully saturated rings. The fraction of sp³-hybridized carbons (Fsp3) is 0.938. The fourth-order valence-corrected chi connectivity index (χ4v) is 2.91. The SMILES string of the molecule is CC(C)CCC(C)CC(=O)OCC1CCC2OC2C1. The van der Waals surface area contributed by atoms with Gasteiger partial charge in [-0.3, -0.25) is 4.79 Å². The standard InChI is InChI=1S/C16H28O3/c1-11(2)4-5-12(3)8-16(17)18-10-13-6-7-14-15(9-13)19-14/h11-15H,4-10H2,1-3H3. The van der Waals surface area contributed by atoms with Gasteiger partial charge in [-0.05, 0) is 43.4 Å². The van der Waals surface area contributed by atoms with E-state index in [9.17, 15) is 4.79 Å². The molecule has 2 aliphatic rings. The van der Waals surface area contributed by atoms with E-state index < -0.39 is 0 Å². The lowest BCUT2D eigenvalue weighted by Crippen LogP contribution is -2.21. The van der Waals surface area contributed by atoms with E-state index in [1.165, 1.54) is 6.42 Å². The highest BCUT2D eigenvalue weighted by atomic mass is 16.6. The lowest BCUT2D eigenvalue weighted by atomic mass is 9.90. The minimum Gasteiger partial charge on any atom is -0.465 e. The molecule has 2 rings (SSSR count). The molecule has 1 aliphatic carbocycles. The maximum atomic E-state index is 11.8. The van der Waals surface area contributed by atoms with Crippen LogP contribution in [0.5, 0.6) is 0 Å². The molecule has 1 saturated heterocycles. The second-order valence-corrected chi connectivity index (χ2v) is 6.86. The molecule has 0 bridgehead atoms. The summed E-state index contributed by atoms with van der Waals surface area (Å²) in [5.74, 6) is 1.67. The van der Waals surface area contributed by atoms with Gasteiger partial charge in [0.05, 0.1) is 18.8 Å². The van der Waals surface area contributed by atoms with Crippen LogP contribution in [0, 0.1) is 17.8 Å². The Morgan fingerprint density at radius 3 is 2.68 bits per heavy atom. The number of hydrogen-bond acceptors (Lipinski definition) is 3. The highest BCUT2D eigenvalue weighted by molar-refractivity contribution is 5.69. The van der Waals surface area contributed by atoms with Gasteiger partial charge in [0.15, 0.2) is 0 Å². The topological polar surface area (TPSA) is 38.8 Å². The minimum absolute atomic E-state index is 0.0184. The Morgan fingerprint density at radius 2 is 2.00 bits per heavy atom. The van der Waals surface area contributed by atoms with Crippen LogP contribution in [-0.2, 0) is 14.3 Å².